The van der Waals surface area contributed by atoms with Crippen molar-refractivity contribution in [1.29, 1.82) is 0 Å². The van der Waals surface area contributed by atoms with Crippen LogP contribution in [0, 0.1) is 0 Å². The molecule has 2 heterocycles. The van der Waals surface area contributed by atoms with E-state index in [1.54, 1.807) is 24.4 Å². The van der Waals surface area contributed by atoms with Crippen molar-refractivity contribution in [2.75, 3.05) is 17.7 Å². The minimum absolute atomic E-state index is 0.0610. The molecule has 7 nitrogen and oxygen atoms in total. The van der Waals surface area contributed by atoms with Gasteiger partial charge in [0.1, 0.15) is 5.82 Å². The van der Waals surface area contributed by atoms with E-state index in [1.807, 2.05) is 49.5 Å². The Morgan fingerprint density at radius 3 is 2.91 bits per heavy atom. The second-order valence-electron chi connectivity index (χ2n) is 7.94. The van der Waals surface area contributed by atoms with Gasteiger partial charge in [-0.05, 0) is 54.8 Å². The summed E-state index contributed by atoms with van der Waals surface area (Å²) in [6.07, 6.45) is 10.3. The number of benzene rings is 2. The molecule has 1 aliphatic heterocycles. The third-order valence-corrected chi connectivity index (χ3v) is 5.70. The third kappa shape index (κ3) is 5.94. The van der Waals surface area contributed by atoms with Crippen LogP contribution in [-0.2, 0) is 9.59 Å². The lowest BCUT2D eigenvalue weighted by atomic mass is 10.1. The van der Waals surface area contributed by atoms with Gasteiger partial charge in [-0.2, -0.15) is 0 Å². The van der Waals surface area contributed by atoms with Crippen molar-refractivity contribution in [3.63, 3.8) is 0 Å². The molecule has 0 spiro atoms. The molecule has 2 amide bonds. The SMILES string of the molecule is CNc1ccc2c(c1)NC(=O)CC/C=C/C[C@H](NC(=O)/C=C/c1cccc(Cl)c1)c1ncc-2[nH]1. The summed E-state index contributed by atoms with van der Waals surface area (Å²) in [6, 6.07) is 12.7. The Balaban J connectivity index is 1.60. The van der Waals surface area contributed by atoms with Gasteiger partial charge in [0.2, 0.25) is 11.8 Å². The number of carbonyl (C=O) groups excluding carboxylic acids is 2. The molecule has 1 aliphatic rings. The molecule has 0 fully saturated rings. The van der Waals surface area contributed by atoms with Crippen molar-refractivity contribution < 1.29 is 9.59 Å². The predicted molar refractivity (Wildman–Crippen MR) is 137 cm³/mol. The highest BCUT2D eigenvalue weighted by Crippen LogP contribution is 2.31. The monoisotopic (exact) mass is 475 g/mol. The fraction of sp³-hybridized carbons (Fsp3) is 0.192. The zero-order valence-electron chi connectivity index (χ0n) is 18.8. The minimum Gasteiger partial charge on any atom is -0.388 e. The molecular formula is C26H26ClN5O2. The summed E-state index contributed by atoms with van der Waals surface area (Å²) in [6.45, 7) is 0. The molecule has 0 saturated heterocycles. The average Bonchev–Trinajstić information content (AvgIpc) is 3.31. The van der Waals surface area contributed by atoms with Gasteiger partial charge in [0.25, 0.3) is 0 Å². The number of anilines is 2. The normalized spacial score (nSPS) is 17.0. The predicted octanol–water partition coefficient (Wildman–Crippen LogP) is 5.32. The van der Waals surface area contributed by atoms with Gasteiger partial charge in [-0.3, -0.25) is 9.59 Å². The van der Waals surface area contributed by atoms with Gasteiger partial charge in [0, 0.05) is 35.8 Å². The molecule has 8 heteroatoms. The number of nitrogens with zero attached hydrogens (tertiary/aromatic N) is 1. The molecule has 0 radical (unpaired) electrons. The number of H-pyrrole nitrogens is 1. The van der Waals surface area contributed by atoms with Gasteiger partial charge in [0.05, 0.1) is 23.6 Å². The highest BCUT2D eigenvalue weighted by molar-refractivity contribution is 6.30. The van der Waals surface area contributed by atoms with Crippen LogP contribution in [0.2, 0.25) is 5.02 Å². The van der Waals surface area contributed by atoms with Crippen LogP contribution in [0.1, 0.15) is 36.7 Å². The van der Waals surface area contributed by atoms with Gasteiger partial charge < -0.3 is 20.9 Å². The summed E-state index contributed by atoms with van der Waals surface area (Å²) in [4.78, 5) is 33.0. The van der Waals surface area contributed by atoms with Gasteiger partial charge in [-0.25, -0.2) is 4.98 Å². The average molecular weight is 476 g/mol. The van der Waals surface area contributed by atoms with E-state index in [0.717, 1.165) is 22.5 Å². The van der Waals surface area contributed by atoms with Crippen LogP contribution in [0.25, 0.3) is 17.3 Å². The molecule has 0 unspecified atom stereocenters. The Labute approximate surface area is 203 Å². The summed E-state index contributed by atoms with van der Waals surface area (Å²) in [5.74, 6) is 0.337. The van der Waals surface area contributed by atoms with E-state index in [0.29, 0.717) is 35.8 Å². The Morgan fingerprint density at radius 1 is 1.21 bits per heavy atom. The Bertz CT molecular complexity index is 1250. The van der Waals surface area contributed by atoms with E-state index in [-0.39, 0.29) is 17.9 Å². The first-order valence-corrected chi connectivity index (χ1v) is 11.5. The number of hydrogen-bond acceptors (Lipinski definition) is 4. The molecule has 4 N–H and O–H groups in total. The number of amides is 2. The number of halogens is 1. The van der Waals surface area contributed by atoms with Crippen LogP contribution < -0.4 is 16.0 Å². The molecule has 174 valence electrons. The maximum absolute atomic E-state index is 12.7. The number of hydrogen-bond donors (Lipinski definition) is 4. The van der Waals surface area contributed by atoms with Gasteiger partial charge in [-0.1, -0.05) is 35.9 Å². The quantitative estimate of drug-likeness (QED) is 0.303. The second kappa shape index (κ2) is 10.9. The summed E-state index contributed by atoms with van der Waals surface area (Å²) in [7, 11) is 1.83. The maximum atomic E-state index is 12.7. The molecule has 2 aromatic carbocycles. The van der Waals surface area contributed by atoms with Crippen molar-refractivity contribution in [2.24, 2.45) is 0 Å². The van der Waals surface area contributed by atoms with Crippen molar-refractivity contribution >= 4 is 40.9 Å². The lowest BCUT2D eigenvalue weighted by molar-refractivity contribution is -0.117. The van der Waals surface area contributed by atoms with Crippen LogP contribution in [0.5, 0.6) is 0 Å². The van der Waals surface area contributed by atoms with Gasteiger partial charge in [-0.15, -0.1) is 0 Å². The highest BCUT2D eigenvalue weighted by atomic mass is 35.5. The summed E-state index contributed by atoms with van der Waals surface area (Å²) in [5, 5.41) is 9.73. The number of aromatic amines is 1. The molecule has 2 bridgehead atoms. The number of rotatable bonds is 4. The number of carbonyl (C=O) groups is 2. The smallest absolute Gasteiger partial charge is 0.244 e. The first kappa shape index (κ1) is 23.3. The third-order valence-electron chi connectivity index (χ3n) is 5.47. The number of nitrogens with one attached hydrogen (secondary N) is 4. The standard InChI is InChI=1S/C26H26ClN5O2/c1-28-19-11-12-20-22(15-19)31-24(33)9-4-2-3-8-21(26-29-16-23(20)32-26)30-25(34)13-10-17-6-5-7-18(27)14-17/h2-3,5-7,10-16,21,28H,4,8-9H2,1H3,(H,29,32)(H,30,34)(H,31,33)/b3-2+,13-10+/t21-/m0/s1. The molecule has 0 saturated carbocycles. The lowest BCUT2D eigenvalue weighted by Gasteiger charge is -2.14. The van der Waals surface area contributed by atoms with E-state index in [1.165, 1.54) is 6.08 Å². The second-order valence-corrected chi connectivity index (χ2v) is 8.37. The topological polar surface area (TPSA) is 98.9 Å². The zero-order chi connectivity index (χ0) is 23.9. The first-order valence-electron chi connectivity index (χ1n) is 11.1. The molecular weight excluding hydrogens is 450 g/mol. The summed E-state index contributed by atoms with van der Waals surface area (Å²) >= 11 is 6.02. The summed E-state index contributed by atoms with van der Waals surface area (Å²) < 4.78 is 0. The number of aromatic nitrogens is 2. The molecule has 34 heavy (non-hydrogen) atoms. The number of fused-ring (bicyclic) bond motifs is 4. The maximum Gasteiger partial charge on any atom is 0.244 e. The van der Waals surface area contributed by atoms with Gasteiger partial charge in [0.15, 0.2) is 0 Å². The number of imidazole rings is 1. The van der Waals surface area contributed by atoms with Crippen molar-refractivity contribution in [1.82, 2.24) is 15.3 Å². The largest absolute Gasteiger partial charge is 0.388 e. The molecule has 1 aromatic heterocycles. The molecule has 4 rings (SSSR count). The van der Waals surface area contributed by atoms with Crippen molar-refractivity contribution in [3.05, 3.63) is 83.3 Å². The van der Waals surface area contributed by atoms with Gasteiger partial charge >= 0.3 is 0 Å². The zero-order valence-corrected chi connectivity index (χ0v) is 19.5. The van der Waals surface area contributed by atoms with E-state index in [4.69, 9.17) is 11.6 Å². The number of allylic oxidation sites excluding steroid dienone is 1. The first-order chi connectivity index (χ1) is 16.5. The van der Waals surface area contributed by atoms with E-state index >= 15 is 0 Å². The molecule has 3 aromatic rings. The summed E-state index contributed by atoms with van der Waals surface area (Å²) in [5.41, 5.74) is 4.00. The van der Waals surface area contributed by atoms with Crippen LogP contribution >= 0.6 is 11.6 Å². The van der Waals surface area contributed by atoms with E-state index < -0.39 is 0 Å². The van der Waals surface area contributed by atoms with Crippen LogP contribution in [0.4, 0.5) is 11.4 Å². The minimum atomic E-state index is -0.356. The molecule has 1 atom stereocenters. The Hall–Kier alpha value is -3.84. The van der Waals surface area contributed by atoms with Crippen molar-refractivity contribution in [3.8, 4) is 11.3 Å². The van der Waals surface area contributed by atoms with Crippen LogP contribution in [0.15, 0.2) is 66.9 Å². The highest BCUT2D eigenvalue weighted by Gasteiger charge is 2.18. The van der Waals surface area contributed by atoms with E-state index in [2.05, 4.69) is 25.9 Å². The lowest BCUT2D eigenvalue weighted by Crippen LogP contribution is -2.27. The fourth-order valence-electron chi connectivity index (χ4n) is 3.71. The van der Waals surface area contributed by atoms with Crippen LogP contribution in [-0.4, -0.2) is 28.8 Å². The van der Waals surface area contributed by atoms with Crippen LogP contribution in [0.3, 0.4) is 0 Å². The Kier molecular flexibility index (Phi) is 7.44. The Morgan fingerprint density at radius 2 is 2.09 bits per heavy atom. The van der Waals surface area contributed by atoms with Crippen molar-refractivity contribution in [2.45, 2.75) is 25.3 Å². The van der Waals surface area contributed by atoms with E-state index in [9.17, 15) is 9.59 Å². The fourth-order valence-corrected chi connectivity index (χ4v) is 3.91. The molecule has 0 aliphatic carbocycles.